The zero-order chi connectivity index (χ0) is 16.8. The van der Waals surface area contributed by atoms with Crippen LogP contribution in [0.5, 0.6) is 0 Å². The molecule has 2 rings (SSSR count). The van der Waals surface area contributed by atoms with Crippen molar-refractivity contribution in [3.8, 4) is 0 Å². The molecule has 0 saturated carbocycles. The molecule has 122 valence electrons. The number of nitrogens with zero attached hydrogens (tertiary/aromatic N) is 3. The van der Waals surface area contributed by atoms with Crippen molar-refractivity contribution >= 4 is 11.9 Å². The number of imide groups is 1. The molecule has 7 heteroatoms. The third-order valence-electron chi connectivity index (χ3n) is 3.68. The molecular formula is C16H21N5O2. The first-order valence-electron chi connectivity index (χ1n) is 7.32. The van der Waals surface area contributed by atoms with Crippen LogP contribution in [0.3, 0.4) is 0 Å². The molecule has 1 aromatic carbocycles. The standard InChI is InChI=1S/C16H21N5O2/c1-12(15(22)19-16(17)23)20(2)11-14-18-8-9-21(14)10-13-6-4-3-5-7-13/h3-9,12H,10-11H2,1-2H3,(H3,17,19,22,23)/t12-/m1/s1. The molecule has 0 fully saturated rings. The number of likely N-dealkylation sites (N-methyl/N-ethyl adjacent to an activating group) is 1. The maximum absolute atomic E-state index is 11.8. The van der Waals surface area contributed by atoms with Gasteiger partial charge in [0.05, 0.1) is 12.6 Å². The van der Waals surface area contributed by atoms with Gasteiger partial charge in [0.15, 0.2) is 0 Å². The number of nitrogens with one attached hydrogen (secondary N) is 1. The molecule has 0 unspecified atom stereocenters. The summed E-state index contributed by atoms with van der Waals surface area (Å²) in [4.78, 5) is 28.7. The molecular weight excluding hydrogens is 294 g/mol. The van der Waals surface area contributed by atoms with Gasteiger partial charge in [0.25, 0.3) is 0 Å². The number of hydrogen-bond acceptors (Lipinski definition) is 4. The smallest absolute Gasteiger partial charge is 0.318 e. The van der Waals surface area contributed by atoms with E-state index in [1.165, 1.54) is 5.56 Å². The largest absolute Gasteiger partial charge is 0.351 e. The summed E-state index contributed by atoms with van der Waals surface area (Å²) in [7, 11) is 1.80. The molecule has 0 aliphatic heterocycles. The van der Waals surface area contributed by atoms with E-state index in [9.17, 15) is 9.59 Å². The number of amides is 3. The summed E-state index contributed by atoms with van der Waals surface area (Å²) >= 11 is 0. The van der Waals surface area contributed by atoms with E-state index in [2.05, 4.69) is 22.4 Å². The van der Waals surface area contributed by atoms with Crippen LogP contribution in [0.15, 0.2) is 42.7 Å². The maximum atomic E-state index is 11.8. The third-order valence-corrected chi connectivity index (χ3v) is 3.68. The summed E-state index contributed by atoms with van der Waals surface area (Å²) in [6.45, 7) is 2.90. The maximum Gasteiger partial charge on any atom is 0.318 e. The fraction of sp³-hybridized carbons (Fsp3) is 0.312. The van der Waals surface area contributed by atoms with Gasteiger partial charge in [-0.25, -0.2) is 9.78 Å². The van der Waals surface area contributed by atoms with E-state index >= 15 is 0 Å². The fourth-order valence-corrected chi connectivity index (χ4v) is 2.20. The van der Waals surface area contributed by atoms with E-state index in [4.69, 9.17) is 5.73 Å². The summed E-state index contributed by atoms with van der Waals surface area (Å²) in [5.74, 6) is 0.413. The van der Waals surface area contributed by atoms with Gasteiger partial charge in [0.1, 0.15) is 5.82 Å². The lowest BCUT2D eigenvalue weighted by molar-refractivity contribution is -0.124. The molecule has 0 bridgehead atoms. The van der Waals surface area contributed by atoms with Crippen molar-refractivity contribution in [2.75, 3.05) is 7.05 Å². The Labute approximate surface area is 135 Å². The van der Waals surface area contributed by atoms with Gasteiger partial charge in [-0.15, -0.1) is 0 Å². The molecule has 3 amide bonds. The molecule has 1 aromatic heterocycles. The first-order valence-corrected chi connectivity index (χ1v) is 7.32. The minimum Gasteiger partial charge on any atom is -0.351 e. The van der Waals surface area contributed by atoms with Crippen LogP contribution in [0.4, 0.5) is 4.79 Å². The number of urea groups is 1. The minimum absolute atomic E-state index is 0.429. The lowest BCUT2D eigenvalue weighted by Gasteiger charge is -2.23. The molecule has 0 saturated heterocycles. The molecule has 7 nitrogen and oxygen atoms in total. The van der Waals surface area contributed by atoms with Crippen molar-refractivity contribution < 1.29 is 9.59 Å². The van der Waals surface area contributed by atoms with E-state index in [0.29, 0.717) is 13.1 Å². The van der Waals surface area contributed by atoms with Crippen LogP contribution in [0.1, 0.15) is 18.3 Å². The van der Waals surface area contributed by atoms with Crippen molar-refractivity contribution in [1.29, 1.82) is 0 Å². The zero-order valence-corrected chi connectivity index (χ0v) is 13.3. The highest BCUT2D eigenvalue weighted by Crippen LogP contribution is 2.09. The van der Waals surface area contributed by atoms with E-state index < -0.39 is 18.0 Å². The topological polar surface area (TPSA) is 93.2 Å². The Hall–Kier alpha value is -2.67. The second-order valence-electron chi connectivity index (χ2n) is 5.40. The predicted molar refractivity (Wildman–Crippen MR) is 86.4 cm³/mol. The van der Waals surface area contributed by atoms with Gasteiger partial charge >= 0.3 is 6.03 Å². The number of carbonyl (C=O) groups is 2. The second-order valence-corrected chi connectivity index (χ2v) is 5.40. The normalized spacial score (nSPS) is 12.1. The molecule has 0 radical (unpaired) electrons. The molecule has 1 heterocycles. The van der Waals surface area contributed by atoms with Gasteiger partial charge in [-0.05, 0) is 19.5 Å². The van der Waals surface area contributed by atoms with Crippen LogP contribution in [0.25, 0.3) is 0 Å². The zero-order valence-electron chi connectivity index (χ0n) is 13.3. The van der Waals surface area contributed by atoms with Gasteiger partial charge < -0.3 is 10.3 Å². The number of rotatable bonds is 6. The number of carbonyl (C=O) groups excluding carboxylic acids is 2. The average molecular weight is 315 g/mol. The van der Waals surface area contributed by atoms with Crippen molar-refractivity contribution in [3.05, 3.63) is 54.1 Å². The SMILES string of the molecule is C[C@H](C(=O)NC(N)=O)N(C)Cc1nccn1Cc1ccccc1. The van der Waals surface area contributed by atoms with Gasteiger partial charge in [-0.1, -0.05) is 30.3 Å². The Bertz CT molecular complexity index is 668. The van der Waals surface area contributed by atoms with Crippen molar-refractivity contribution in [3.63, 3.8) is 0 Å². The molecule has 0 aliphatic carbocycles. The predicted octanol–water partition coefficient (Wildman–Crippen LogP) is 0.947. The van der Waals surface area contributed by atoms with E-state index in [1.807, 2.05) is 33.9 Å². The van der Waals surface area contributed by atoms with Crippen LogP contribution in [0, 0.1) is 0 Å². The summed E-state index contributed by atoms with van der Waals surface area (Å²) in [5.41, 5.74) is 6.15. The van der Waals surface area contributed by atoms with Crippen LogP contribution in [0.2, 0.25) is 0 Å². The quantitative estimate of drug-likeness (QED) is 0.830. The number of aromatic nitrogens is 2. The lowest BCUT2D eigenvalue weighted by Crippen LogP contribution is -2.47. The molecule has 2 aromatic rings. The number of hydrogen-bond donors (Lipinski definition) is 2. The van der Waals surface area contributed by atoms with E-state index in [0.717, 1.165) is 5.82 Å². The lowest BCUT2D eigenvalue weighted by atomic mass is 10.2. The van der Waals surface area contributed by atoms with Gasteiger partial charge in [0, 0.05) is 18.9 Å². The Morgan fingerprint density at radius 2 is 2.04 bits per heavy atom. The van der Waals surface area contributed by atoms with Crippen molar-refractivity contribution in [2.24, 2.45) is 5.73 Å². The number of imidazole rings is 1. The van der Waals surface area contributed by atoms with Gasteiger partial charge in [-0.3, -0.25) is 15.0 Å². The van der Waals surface area contributed by atoms with Crippen molar-refractivity contribution in [2.45, 2.75) is 26.1 Å². The first-order chi connectivity index (χ1) is 11.0. The summed E-state index contributed by atoms with van der Waals surface area (Å²) in [5, 5.41) is 2.09. The Morgan fingerprint density at radius 3 is 2.70 bits per heavy atom. The Balaban J connectivity index is 2.02. The Morgan fingerprint density at radius 1 is 1.35 bits per heavy atom. The van der Waals surface area contributed by atoms with Gasteiger partial charge in [-0.2, -0.15) is 0 Å². The molecule has 0 aliphatic rings. The fourth-order valence-electron chi connectivity index (χ4n) is 2.20. The Kier molecular flexibility index (Phi) is 5.48. The number of primary amides is 1. The summed E-state index contributed by atoms with van der Waals surface area (Å²) < 4.78 is 2.03. The molecule has 3 N–H and O–H groups in total. The highest BCUT2D eigenvalue weighted by atomic mass is 16.2. The summed E-state index contributed by atoms with van der Waals surface area (Å²) in [6, 6.07) is 8.73. The molecule has 23 heavy (non-hydrogen) atoms. The van der Waals surface area contributed by atoms with Crippen LogP contribution in [-0.4, -0.2) is 39.5 Å². The minimum atomic E-state index is -0.846. The van der Waals surface area contributed by atoms with Crippen LogP contribution in [-0.2, 0) is 17.9 Å². The second kappa shape index (κ2) is 7.55. The first kappa shape index (κ1) is 16.7. The van der Waals surface area contributed by atoms with E-state index in [1.54, 1.807) is 20.2 Å². The highest BCUT2D eigenvalue weighted by Gasteiger charge is 2.20. The van der Waals surface area contributed by atoms with Crippen LogP contribution < -0.4 is 11.1 Å². The van der Waals surface area contributed by atoms with Crippen molar-refractivity contribution in [1.82, 2.24) is 19.8 Å². The number of benzene rings is 1. The highest BCUT2D eigenvalue weighted by molar-refractivity contribution is 5.96. The average Bonchev–Trinajstić information content (AvgIpc) is 2.93. The van der Waals surface area contributed by atoms with Gasteiger partial charge in [0.2, 0.25) is 5.91 Å². The summed E-state index contributed by atoms with van der Waals surface area (Å²) in [6.07, 6.45) is 3.64. The third kappa shape index (κ3) is 4.65. The number of nitrogens with two attached hydrogens (primary N) is 1. The van der Waals surface area contributed by atoms with E-state index in [-0.39, 0.29) is 0 Å². The molecule has 1 atom stereocenters. The van der Waals surface area contributed by atoms with Crippen LogP contribution >= 0.6 is 0 Å². The molecule has 0 spiro atoms. The monoisotopic (exact) mass is 315 g/mol.